The molecule has 1 aromatic rings. The molecule has 1 atom stereocenters. The van der Waals surface area contributed by atoms with Crippen molar-refractivity contribution in [3.05, 3.63) is 23.9 Å². The fourth-order valence-electron chi connectivity index (χ4n) is 1.77. The molecule has 0 aromatic carbocycles. The quantitative estimate of drug-likeness (QED) is 0.858. The van der Waals surface area contributed by atoms with Gasteiger partial charge < -0.3 is 10.2 Å². The molecule has 1 rings (SSSR count). The molecule has 1 unspecified atom stereocenters. The summed E-state index contributed by atoms with van der Waals surface area (Å²) in [6, 6.07) is 4.07. The van der Waals surface area contributed by atoms with E-state index in [-0.39, 0.29) is 5.91 Å². The summed E-state index contributed by atoms with van der Waals surface area (Å²) in [6.07, 6.45) is 3.95. The summed E-state index contributed by atoms with van der Waals surface area (Å²) in [5.41, 5.74) is 0.616. The van der Waals surface area contributed by atoms with Gasteiger partial charge >= 0.3 is 0 Å². The molecule has 1 aromatic heterocycles. The highest BCUT2D eigenvalue weighted by molar-refractivity contribution is 5.93. The van der Waals surface area contributed by atoms with Crippen LogP contribution in [0.3, 0.4) is 0 Å². The molecule has 0 saturated carbocycles. The third-order valence-electron chi connectivity index (χ3n) is 2.99. The Kier molecular flexibility index (Phi) is 5.80. The number of carbonyl (C=O) groups is 1. The number of anilines is 1. The first kappa shape index (κ1) is 15.5. The number of amides is 1. The molecule has 0 saturated heterocycles. The van der Waals surface area contributed by atoms with Crippen LogP contribution < -0.4 is 5.32 Å². The van der Waals surface area contributed by atoms with Gasteiger partial charge in [0.25, 0.3) is 5.91 Å². The van der Waals surface area contributed by atoms with Crippen LogP contribution in [-0.2, 0) is 0 Å². The third kappa shape index (κ3) is 5.28. The van der Waals surface area contributed by atoms with Crippen molar-refractivity contribution in [1.82, 2.24) is 9.88 Å². The summed E-state index contributed by atoms with van der Waals surface area (Å²) >= 11 is 0. The van der Waals surface area contributed by atoms with E-state index in [1.54, 1.807) is 25.2 Å². The number of carbonyl (C=O) groups excluding carboxylic acids is 1. The molecule has 106 valence electrons. The zero-order valence-corrected chi connectivity index (χ0v) is 12.6. The summed E-state index contributed by atoms with van der Waals surface area (Å²) in [5.74, 6) is 1.52. The predicted octanol–water partition coefficient (Wildman–Crippen LogP) is 3.02. The van der Waals surface area contributed by atoms with Crippen LogP contribution in [0, 0.1) is 5.92 Å². The van der Waals surface area contributed by atoms with E-state index in [0.29, 0.717) is 11.6 Å². The normalized spacial score (nSPS) is 12.3. The lowest BCUT2D eigenvalue weighted by molar-refractivity contribution is 0.0827. The van der Waals surface area contributed by atoms with E-state index < -0.39 is 0 Å². The van der Waals surface area contributed by atoms with Crippen molar-refractivity contribution in [2.45, 2.75) is 39.7 Å². The van der Waals surface area contributed by atoms with Gasteiger partial charge in [0.15, 0.2) is 0 Å². The van der Waals surface area contributed by atoms with Crippen LogP contribution in [0.4, 0.5) is 5.82 Å². The number of nitrogens with one attached hydrogen (secondary N) is 1. The van der Waals surface area contributed by atoms with Crippen LogP contribution in [0.2, 0.25) is 0 Å². The summed E-state index contributed by atoms with van der Waals surface area (Å²) in [5, 5.41) is 3.36. The predicted molar refractivity (Wildman–Crippen MR) is 79.4 cm³/mol. The third-order valence-corrected chi connectivity index (χ3v) is 2.99. The van der Waals surface area contributed by atoms with Crippen LogP contribution >= 0.6 is 0 Å². The first-order chi connectivity index (χ1) is 8.90. The lowest BCUT2D eigenvalue weighted by atomic mass is 10.0. The maximum absolute atomic E-state index is 11.7. The Morgan fingerprint density at radius 2 is 1.95 bits per heavy atom. The van der Waals surface area contributed by atoms with Crippen molar-refractivity contribution in [1.29, 1.82) is 0 Å². The van der Waals surface area contributed by atoms with E-state index in [9.17, 15) is 4.79 Å². The van der Waals surface area contributed by atoms with Gasteiger partial charge in [0.05, 0.1) is 5.56 Å². The van der Waals surface area contributed by atoms with Gasteiger partial charge in [-0.25, -0.2) is 4.98 Å². The highest BCUT2D eigenvalue weighted by atomic mass is 16.2. The van der Waals surface area contributed by atoms with Crippen molar-refractivity contribution in [2.75, 3.05) is 19.4 Å². The fraction of sp³-hybridized carbons (Fsp3) is 0.600. The number of aromatic nitrogens is 1. The highest BCUT2D eigenvalue weighted by Crippen LogP contribution is 2.12. The molecule has 0 bridgehead atoms. The van der Waals surface area contributed by atoms with Gasteiger partial charge in [-0.15, -0.1) is 0 Å². The Bertz CT molecular complexity index is 398. The van der Waals surface area contributed by atoms with Crippen molar-refractivity contribution < 1.29 is 4.79 Å². The second-order valence-corrected chi connectivity index (χ2v) is 5.65. The van der Waals surface area contributed by atoms with Crippen molar-refractivity contribution in [3.8, 4) is 0 Å². The van der Waals surface area contributed by atoms with Crippen molar-refractivity contribution >= 4 is 11.7 Å². The smallest absolute Gasteiger partial charge is 0.254 e. The molecule has 0 spiro atoms. The summed E-state index contributed by atoms with van der Waals surface area (Å²) < 4.78 is 0. The van der Waals surface area contributed by atoms with Gasteiger partial charge in [-0.05, 0) is 37.8 Å². The van der Waals surface area contributed by atoms with Crippen LogP contribution in [0.5, 0.6) is 0 Å². The Balaban J connectivity index is 2.55. The average Bonchev–Trinajstić information content (AvgIpc) is 2.36. The minimum absolute atomic E-state index is 0.0214. The minimum atomic E-state index is -0.0214. The van der Waals surface area contributed by atoms with E-state index >= 15 is 0 Å². The van der Waals surface area contributed by atoms with Gasteiger partial charge in [-0.2, -0.15) is 0 Å². The van der Waals surface area contributed by atoms with E-state index in [1.165, 1.54) is 6.42 Å². The molecule has 4 nitrogen and oxygen atoms in total. The molecule has 0 fully saturated rings. The SMILES string of the molecule is CC(C)CCC(C)Nc1ccc(C(=O)N(C)C)cn1. The molecule has 1 heterocycles. The zero-order valence-electron chi connectivity index (χ0n) is 12.6. The van der Waals surface area contributed by atoms with Gasteiger partial charge in [0.1, 0.15) is 5.82 Å². The maximum Gasteiger partial charge on any atom is 0.254 e. The topological polar surface area (TPSA) is 45.2 Å². The molecule has 19 heavy (non-hydrogen) atoms. The van der Waals surface area contributed by atoms with Crippen LogP contribution in [0.25, 0.3) is 0 Å². The van der Waals surface area contributed by atoms with Gasteiger partial charge in [0, 0.05) is 26.3 Å². The molecule has 0 aliphatic carbocycles. The average molecular weight is 263 g/mol. The second-order valence-electron chi connectivity index (χ2n) is 5.65. The van der Waals surface area contributed by atoms with Gasteiger partial charge in [-0.1, -0.05) is 13.8 Å². The lowest BCUT2D eigenvalue weighted by Gasteiger charge is -2.16. The van der Waals surface area contributed by atoms with E-state index in [4.69, 9.17) is 0 Å². The summed E-state index contributed by atoms with van der Waals surface area (Å²) in [6.45, 7) is 6.61. The Morgan fingerprint density at radius 1 is 1.26 bits per heavy atom. The Morgan fingerprint density at radius 3 is 2.42 bits per heavy atom. The molecule has 0 aliphatic heterocycles. The monoisotopic (exact) mass is 263 g/mol. The van der Waals surface area contributed by atoms with Gasteiger partial charge in [-0.3, -0.25) is 4.79 Å². The number of pyridine rings is 1. The molecule has 0 radical (unpaired) electrons. The maximum atomic E-state index is 11.7. The first-order valence-electron chi connectivity index (χ1n) is 6.84. The molecule has 1 amide bonds. The largest absolute Gasteiger partial charge is 0.368 e. The number of rotatable bonds is 6. The van der Waals surface area contributed by atoms with Crippen molar-refractivity contribution in [3.63, 3.8) is 0 Å². The molecule has 1 N–H and O–H groups in total. The van der Waals surface area contributed by atoms with Crippen LogP contribution in [-0.4, -0.2) is 35.9 Å². The van der Waals surface area contributed by atoms with Crippen LogP contribution in [0.15, 0.2) is 18.3 Å². The summed E-state index contributed by atoms with van der Waals surface area (Å²) in [4.78, 5) is 17.6. The fourth-order valence-corrected chi connectivity index (χ4v) is 1.77. The van der Waals surface area contributed by atoms with E-state index in [0.717, 1.165) is 18.2 Å². The van der Waals surface area contributed by atoms with E-state index in [1.807, 2.05) is 12.1 Å². The first-order valence-corrected chi connectivity index (χ1v) is 6.84. The Labute approximate surface area is 116 Å². The van der Waals surface area contributed by atoms with E-state index in [2.05, 4.69) is 31.1 Å². The minimum Gasteiger partial charge on any atom is -0.368 e. The standard InChI is InChI=1S/C15H25N3O/c1-11(2)6-7-12(3)17-14-9-8-13(10-16-14)15(19)18(4)5/h8-12H,6-7H2,1-5H3,(H,16,17). The molecule has 4 heteroatoms. The van der Waals surface area contributed by atoms with Gasteiger partial charge in [0.2, 0.25) is 0 Å². The highest BCUT2D eigenvalue weighted by Gasteiger charge is 2.09. The Hall–Kier alpha value is -1.58. The van der Waals surface area contributed by atoms with Crippen LogP contribution in [0.1, 0.15) is 44.0 Å². The lowest BCUT2D eigenvalue weighted by Crippen LogP contribution is -2.22. The summed E-state index contributed by atoms with van der Waals surface area (Å²) in [7, 11) is 3.48. The number of hydrogen-bond acceptors (Lipinski definition) is 3. The molecule has 0 aliphatic rings. The van der Waals surface area contributed by atoms with Crippen molar-refractivity contribution in [2.24, 2.45) is 5.92 Å². The molecular formula is C15H25N3O. The molecular weight excluding hydrogens is 238 g/mol. The number of hydrogen-bond donors (Lipinski definition) is 1. The zero-order chi connectivity index (χ0) is 14.4. The number of nitrogens with zero attached hydrogens (tertiary/aromatic N) is 2. The second kappa shape index (κ2) is 7.12.